The van der Waals surface area contributed by atoms with E-state index < -0.39 is 0 Å². The minimum absolute atomic E-state index is 0.229. The quantitative estimate of drug-likeness (QED) is 0.854. The molecule has 0 saturated carbocycles. The molecule has 0 radical (unpaired) electrons. The number of halogens is 1. The van der Waals surface area contributed by atoms with E-state index >= 15 is 0 Å². The SMILES string of the molecule is NCc1cc(Cc2cccnc2)ccc1F. The predicted molar refractivity (Wildman–Crippen MR) is 61.3 cm³/mol. The highest BCUT2D eigenvalue weighted by molar-refractivity contribution is 5.29. The topological polar surface area (TPSA) is 38.9 Å². The van der Waals surface area contributed by atoms with Gasteiger partial charge in [-0.25, -0.2) is 4.39 Å². The van der Waals surface area contributed by atoms with Gasteiger partial charge in [-0.1, -0.05) is 18.2 Å². The van der Waals surface area contributed by atoms with Gasteiger partial charge in [-0.2, -0.15) is 0 Å². The van der Waals surface area contributed by atoms with Crippen molar-refractivity contribution in [1.82, 2.24) is 4.98 Å². The van der Waals surface area contributed by atoms with Crippen molar-refractivity contribution in [2.45, 2.75) is 13.0 Å². The van der Waals surface area contributed by atoms with Gasteiger partial charge in [0.2, 0.25) is 0 Å². The largest absolute Gasteiger partial charge is 0.326 e. The van der Waals surface area contributed by atoms with Crippen molar-refractivity contribution in [1.29, 1.82) is 0 Å². The third-order valence-corrected chi connectivity index (χ3v) is 2.46. The smallest absolute Gasteiger partial charge is 0.127 e. The molecule has 2 aromatic rings. The maximum absolute atomic E-state index is 13.2. The molecule has 1 aromatic heterocycles. The summed E-state index contributed by atoms with van der Waals surface area (Å²) in [6.45, 7) is 0.229. The van der Waals surface area contributed by atoms with E-state index in [4.69, 9.17) is 5.73 Å². The van der Waals surface area contributed by atoms with Gasteiger partial charge in [0.05, 0.1) is 0 Å². The fourth-order valence-corrected chi connectivity index (χ4v) is 1.63. The molecule has 1 aromatic carbocycles. The van der Waals surface area contributed by atoms with Crippen LogP contribution in [-0.4, -0.2) is 4.98 Å². The summed E-state index contributed by atoms with van der Waals surface area (Å²) in [5, 5.41) is 0. The number of nitrogens with two attached hydrogens (primary N) is 1. The Morgan fingerprint density at radius 2 is 2.06 bits per heavy atom. The van der Waals surface area contributed by atoms with Crippen LogP contribution >= 0.6 is 0 Å². The van der Waals surface area contributed by atoms with Crippen LogP contribution in [0.5, 0.6) is 0 Å². The Kier molecular flexibility index (Phi) is 3.27. The highest BCUT2D eigenvalue weighted by Gasteiger charge is 2.02. The van der Waals surface area contributed by atoms with E-state index in [0.717, 1.165) is 17.5 Å². The minimum Gasteiger partial charge on any atom is -0.326 e. The molecule has 1 heterocycles. The van der Waals surface area contributed by atoms with E-state index in [-0.39, 0.29) is 12.4 Å². The van der Waals surface area contributed by atoms with Crippen molar-refractivity contribution in [2.75, 3.05) is 0 Å². The first-order valence-corrected chi connectivity index (χ1v) is 5.16. The minimum atomic E-state index is -0.238. The van der Waals surface area contributed by atoms with Crippen molar-refractivity contribution >= 4 is 0 Å². The molecule has 0 aliphatic carbocycles. The Labute approximate surface area is 93.9 Å². The zero-order chi connectivity index (χ0) is 11.4. The molecule has 0 fully saturated rings. The van der Waals surface area contributed by atoms with Crippen molar-refractivity contribution in [3.63, 3.8) is 0 Å². The van der Waals surface area contributed by atoms with Gasteiger partial charge in [0.1, 0.15) is 5.82 Å². The van der Waals surface area contributed by atoms with E-state index in [9.17, 15) is 4.39 Å². The molecule has 3 heteroatoms. The van der Waals surface area contributed by atoms with Crippen molar-refractivity contribution < 1.29 is 4.39 Å². The number of pyridine rings is 1. The molecule has 0 unspecified atom stereocenters. The maximum Gasteiger partial charge on any atom is 0.127 e. The first kappa shape index (κ1) is 10.8. The Bertz CT molecular complexity index is 469. The Hall–Kier alpha value is -1.74. The maximum atomic E-state index is 13.2. The second-order valence-electron chi connectivity index (χ2n) is 3.67. The van der Waals surface area contributed by atoms with E-state index in [1.165, 1.54) is 6.07 Å². The van der Waals surface area contributed by atoms with Crippen LogP contribution in [0.15, 0.2) is 42.7 Å². The number of rotatable bonds is 3. The lowest BCUT2D eigenvalue weighted by Crippen LogP contribution is -2.01. The molecule has 0 saturated heterocycles. The van der Waals surface area contributed by atoms with Crippen molar-refractivity contribution in [3.05, 3.63) is 65.2 Å². The molecular weight excluding hydrogens is 203 g/mol. The summed E-state index contributed by atoms with van der Waals surface area (Å²) >= 11 is 0. The number of nitrogens with zero attached hydrogens (tertiary/aromatic N) is 1. The number of aromatic nitrogens is 1. The number of benzene rings is 1. The normalized spacial score (nSPS) is 10.4. The highest BCUT2D eigenvalue weighted by Crippen LogP contribution is 2.13. The van der Waals surface area contributed by atoms with E-state index in [0.29, 0.717) is 5.56 Å². The summed E-state index contributed by atoms with van der Waals surface area (Å²) in [5.41, 5.74) is 8.18. The van der Waals surface area contributed by atoms with Crippen LogP contribution in [0.3, 0.4) is 0 Å². The molecule has 2 N–H and O–H groups in total. The molecule has 0 aliphatic heterocycles. The molecule has 0 bridgehead atoms. The molecule has 0 aliphatic rings. The molecule has 0 atom stereocenters. The molecule has 2 nitrogen and oxygen atoms in total. The summed E-state index contributed by atoms with van der Waals surface area (Å²) in [5.74, 6) is -0.238. The van der Waals surface area contributed by atoms with Crippen molar-refractivity contribution in [2.24, 2.45) is 5.73 Å². The zero-order valence-corrected chi connectivity index (χ0v) is 8.86. The van der Waals surface area contributed by atoms with E-state index in [1.54, 1.807) is 12.3 Å². The molecule has 2 rings (SSSR count). The fraction of sp³-hybridized carbons (Fsp3) is 0.154. The molecule has 82 valence electrons. The monoisotopic (exact) mass is 216 g/mol. The van der Waals surface area contributed by atoms with Gasteiger partial charge in [-0.05, 0) is 29.7 Å². The molecule has 16 heavy (non-hydrogen) atoms. The van der Waals surface area contributed by atoms with Gasteiger partial charge < -0.3 is 5.73 Å². The second-order valence-corrected chi connectivity index (χ2v) is 3.67. The van der Waals surface area contributed by atoms with Gasteiger partial charge in [0.25, 0.3) is 0 Å². The van der Waals surface area contributed by atoms with Crippen LogP contribution in [0.2, 0.25) is 0 Å². The van der Waals surface area contributed by atoms with Gasteiger partial charge in [0.15, 0.2) is 0 Å². The third-order valence-electron chi connectivity index (χ3n) is 2.46. The highest BCUT2D eigenvalue weighted by atomic mass is 19.1. The van der Waals surface area contributed by atoms with E-state index in [1.807, 2.05) is 24.4 Å². The van der Waals surface area contributed by atoms with Gasteiger partial charge in [-0.15, -0.1) is 0 Å². The first-order valence-electron chi connectivity index (χ1n) is 5.16. The van der Waals surface area contributed by atoms with Crippen LogP contribution in [0, 0.1) is 5.82 Å². The van der Waals surface area contributed by atoms with Crippen LogP contribution in [-0.2, 0) is 13.0 Å². The van der Waals surface area contributed by atoms with E-state index in [2.05, 4.69) is 4.98 Å². The van der Waals surface area contributed by atoms with Gasteiger partial charge in [0, 0.05) is 24.5 Å². The lowest BCUT2D eigenvalue weighted by Gasteiger charge is -2.05. The van der Waals surface area contributed by atoms with Crippen molar-refractivity contribution in [3.8, 4) is 0 Å². The Morgan fingerprint density at radius 1 is 1.19 bits per heavy atom. The molecule has 0 amide bonds. The third kappa shape index (κ3) is 2.44. The summed E-state index contributed by atoms with van der Waals surface area (Å²) in [7, 11) is 0. The van der Waals surface area contributed by atoms with Gasteiger partial charge >= 0.3 is 0 Å². The van der Waals surface area contributed by atoms with Crippen LogP contribution < -0.4 is 5.73 Å². The van der Waals surface area contributed by atoms with Gasteiger partial charge in [-0.3, -0.25) is 4.98 Å². The molecule has 0 spiro atoms. The summed E-state index contributed by atoms with van der Waals surface area (Å²) in [6, 6.07) is 8.94. The number of hydrogen-bond donors (Lipinski definition) is 1. The Balaban J connectivity index is 2.22. The average Bonchev–Trinajstić information content (AvgIpc) is 2.33. The number of hydrogen-bond acceptors (Lipinski definition) is 2. The lowest BCUT2D eigenvalue weighted by atomic mass is 10.0. The molecular formula is C13H13FN2. The summed E-state index contributed by atoms with van der Waals surface area (Å²) in [4.78, 5) is 4.04. The predicted octanol–water partition coefficient (Wildman–Crippen LogP) is 2.27. The lowest BCUT2D eigenvalue weighted by molar-refractivity contribution is 0.610. The Morgan fingerprint density at radius 3 is 2.75 bits per heavy atom. The first-order chi connectivity index (χ1) is 7.79. The summed E-state index contributed by atoms with van der Waals surface area (Å²) < 4.78 is 13.2. The zero-order valence-electron chi connectivity index (χ0n) is 8.86. The fourth-order valence-electron chi connectivity index (χ4n) is 1.63. The standard InChI is InChI=1S/C13H13FN2/c14-13-4-3-10(7-12(13)8-15)6-11-2-1-5-16-9-11/h1-5,7,9H,6,8,15H2. The summed E-state index contributed by atoms with van der Waals surface area (Å²) in [6.07, 6.45) is 4.30. The average molecular weight is 216 g/mol. The second kappa shape index (κ2) is 4.86. The van der Waals surface area contributed by atoms with Crippen LogP contribution in [0.25, 0.3) is 0 Å². The van der Waals surface area contributed by atoms with Crippen LogP contribution in [0.4, 0.5) is 4.39 Å². The van der Waals surface area contributed by atoms with Crippen LogP contribution in [0.1, 0.15) is 16.7 Å².